The lowest BCUT2D eigenvalue weighted by atomic mass is 10.1. The molecule has 0 unspecified atom stereocenters. The molecular weight excluding hydrogens is 376 g/mol. The van der Waals surface area contributed by atoms with Gasteiger partial charge in [0.05, 0.1) is 0 Å². The Balaban J connectivity index is 1.26. The number of hydrogen-bond acceptors (Lipinski definition) is 7. The highest BCUT2D eigenvalue weighted by Gasteiger charge is 2.17. The van der Waals surface area contributed by atoms with Gasteiger partial charge in [-0.1, -0.05) is 35.0 Å². The number of nitrogens with one attached hydrogen (secondary N) is 2. The standard InChI is InChI=1S/C20H18N4O5/c1-12-2-4-13(5-3-12)19-21-18(29-24-19)9-8-17(25)22-23-20(26)14-6-7-15-16(10-14)28-11-27-15/h2-7,10H,8-9,11H2,1H3,(H,22,25)(H,23,26). The number of amides is 2. The third-order valence-electron chi connectivity index (χ3n) is 4.29. The number of benzene rings is 2. The molecule has 2 aromatic carbocycles. The highest BCUT2D eigenvalue weighted by molar-refractivity contribution is 5.96. The van der Waals surface area contributed by atoms with Crippen molar-refractivity contribution in [3.63, 3.8) is 0 Å². The van der Waals surface area contributed by atoms with Gasteiger partial charge in [-0.25, -0.2) is 0 Å². The predicted molar refractivity (Wildman–Crippen MR) is 101 cm³/mol. The number of rotatable bonds is 5. The van der Waals surface area contributed by atoms with Crippen LogP contribution in [0.25, 0.3) is 11.4 Å². The quantitative estimate of drug-likeness (QED) is 0.637. The lowest BCUT2D eigenvalue weighted by Gasteiger charge is -2.07. The second-order valence-electron chi connectivity index (χ2n) is 6.45. The van der Waals surface area contributed by atoms with Gasteiger partial charge >= 0.3 is 0 Å². The van der Waals surface area contributed by atoms with E-state index in [4.69, 9.17) is 14.0 Å². The fraction of sp³-hybridized carbons (Fsp3) is 0.200. The third-order valence-corrected chi connectivity index (χ3v) is 4.29. The van der Waals surface area contributed by atoms with Crippen molar-refractivity contribution in [1.29, 1.82) is 0 Å². The van der Waals surface area contributed by atoms with Gasteiger partial charge in [0.15, 0.2) is 11.5 Å². The third kappa shape index (κ3) is 4.34. The van der Waals surface area contributed by atoms with Gasteiger partial charge in [-0.2, -0.15) is 4.98 Å². The van der Waals surface area contributed by atoms with E-state index in [1.54, 1.807) is 18.2 Å². The van der Waals surface area contributed by atoms with Gasteiger partial charge in [0.2, 0.25) is 24.4 Å². The van der Waals surface area contributed by atoms with E-state index in [1.807, 2.05) is 31.2 Å². The van der Waals surface area contributed by atoms with Crippen LogP contribution in [0.1, 0.15) is 28.2 Å². The van der Waals surface area contributed by atoms with Gasteiger partial charge in [-0.05, 0) is 25.1 Å². The van der Waals surface area contributed by atoms with Crippen molar-refractivity contribution < 1.29 is 23.6 Å². The molecule has 9 nitrogen and oxygen atoms in total. The first kappa shape index (κ1) is 18.5. The predicted octanol–water partition coefficient (Wildman–Crippen LogP) is 2.17. The van der Waals surface area contributed by atoms with E-state index < -0.39 is 5.91 Å². The van der Waals surface area contributed by atoms with Crippen LogP contribution in [0.4, 0.5) is 0 Å². The van der Waals surface area contributed by atoms with Crippen LogP contribution in [-0.4, -0.2) is 28.7 Å². The summed E-state index contributed by atoms with van der Waals surface area (Å²) in [5.74, 6) is 1.04. The van der Waals surface area contributed by atoms with E-state index in [1.165, 1.54) is 0 Å². The summed E-state index contributed by atoms with van der Waals surface area (Å²) < 4.78 is 15.6. The monoisotopic (exact) mass is 394 g/mol. The normalized spacial score (nSPS) is 11.9. The molecule has 3 aromatic rings. The molecule has 2 heterocycles. The molecule has 0 aliphatic carbocycles. The largest absolute Gasteiger partial charge is 0.454 e. The highest BCUT2D eigenvalue weighted by Crippen LogP contribution is 2.32. The number of hydrazine groups is 1. The summed E-state index contributed by atoms with van der Waals surface area (Å²) in [6.07, 6.45) is 0.335. The first-order valence-electron chi connectivity index (χ1n) is 8.97. The fourth-order valence-corrected chi connectivity index (χ4v) is 2.70. The smallest absolute Gasteiger partial charge is 0.269 e. The molecule has 148 valence electrons. The van der Waals surface area contributed by atoms with Crippen molar-refractivity contribution >= 4 is 11.8 Å². The molecule has 1 aliphatic heterocycles. The van der Waals surface area contributed by atoms with Crippen LogP contribution < -0.4 is 20.3 Å². The minimum atomic E-state index is -0.462. The first-order valence-corrected chi connectivity index (χ1v) is 8.97. The number of hydrogen-bond donors (Lipinski definition) is 2. The van der Waals surface area contributed by atoms with Crippen LogP contribution in [0, 0.1) is 6.92 Å². The van der Waals surface area contributed by atoms with Gasteiger partial charge in [0, 0.05) is 24.0 Å². The van der Waals surface area contributed by atoms with Gasteiger partial charge in [-0.15, -0.1) is 0 Å². The van der Waals surface area contributed by atoms with Crippen LogP contribution >= 0.6 is 0 Å². The summed E-state index contributed by atoms with van der Waals surface area (Å²) in [5, 5.41) is 3.93. The second kappa shape index (κ2) is 8.01. The number of carbonyl (C=O) groups is 2. The Hall–Kier alpha value is -3.88. The lowest BCUT2D eigenvalue weighted by molar-refractivity contribution is -0.121. The molecule has 4 rings (SSSR count). The topological polar surface area (TPSA) is 116 Å². The maximum absolute atomic E-state index is 12.1. The molecule has 0 fully saturated rings. The SMILES string of the molecule is Cc1ccc(-c2noc(CCC(=O)NNC(=O)c3ccc4c(c3)OCO4)n2)cc1. The summed E-state index contributed by atoms with van der Waals surface area (Å²) in [7, 11) is 0. The number of carbonyl (C=O) groups excluding carboxylic acids is 2. The molecule has 0 saturated carbocycles. The Morgan fingerprint density at radius 3 is 2.66 bits per heavy atom. The molecule has 29 heavy (non-hydrogen) atoms. The number of aromatic nitrogens is 2. The Kier molecular flexibility index (Phi) is 5.10. The van der Waals surface area contributed by atoms with Crippen LogP contribution in [0.2, 0.25) is 0 Å². The van der Waals surface area contributed by atoms with Gasteiger partial charge < -0.3 is 14.0 Å². The molecule has 2 amide bonds. The summed E-state index contributed by atoms with van der Waals surface area (Å²) in [6.45, 7) is 2.12. The van der Waals surface area contributed by atoms with Gasteiger partial charge in [0.1, 0.15) is 0 Å². The zero-order valence-electron chi connectivity index (χ0n) is 15.6. The summed E-state index contributed by atoms with van der Waals surface area (Å²) >= 11 is 0. The molecule has 0 spiro atoms. The van der Waals surface area contributed by atoms with Crippen molar-refractivity contribution in [2.75, 3.05) is 6.79 Å². The van der Waals surface area contributed by atoms with Crippen LogP contribution in [0.5, 0.6) is 11.5 Å². The number of fused-ring (bicyclic) bond motifs is 1. The average molecular weight is 394 g/mol. The Bertz CT molecular complexity index is 1050. The first-order chi connectivity index (χ1) is 14.1. The molecule has 0 radical (unpaired) electrons. The van der Waals surface area contributed by atoms with Crippen molar-refractivity contribution in [1.82, 2.24) is 21.0 Å². The fourth-order valence-electron chi connectivity index (χ4n) is 2.70. The molecule has 0 saturated heterocycles. The van der Waals surface area contributed by atoms with E-state index in [-0.39, 0.29) is 25.5 Å². The Morgan fingerprint density at radius 1 is 1.03 bits per heavy atom. The van der Waals surface area contributed by atoms with E-state index in [0.29, 0.717) is 28.8 Å². The molecule has 0 atom stereocenters. The van der Waals surface area contributed by atoms with Crippen molar-refractivity contribution in [3.8, 4) is 22.9 Å². The van der Waals surface area contributed by atoms with Crippen molar-refractivity contribution in [2.45, 2.75) is 19.8 Å². The molecule has 1 aromatic heterocycles. The summed E-state index contributed by atoms with van der Waals surface area (Å²) in [6, 6.07) is 12.5. The van der Waals surface area contributed by atoms with E-state index in [9.17, 15) is 9.59 Å². The van der Waals surface area contributed by atoms with Crippen LogP contribution in [0.15, 0.2) is 47.0 Å². The second-order valence-corrected chi connectivity index (χ2v) is 6.45. The van der Waals surface area contributed by atoms with Gasteiger partial charge in [0.25, 0.3) is 5.91 Å². The maximum atomic E-state index is 12.1. The lowest BCUT2D eigenvalue weighted by Crippen LogP contribution is -2.41. The molecule has 0 bridgehead atoms. The van der Waals surface area contributed by atoms with E-state index in [2.05, 4.69) is 21.0 Å². The van der Waals surface area contributed by atoms with E-state index >= 15 is 0 Å². The zero-order chi connectivity index (χ0) is 20.2. The number of aryl methyl sites for hydroxylation is 2. The van der Waals surface area contributed by atoms with Crippen LogP contribution in [0.3, 0.4) is 0 Å². The molecule has 9 heteroatoms. The minimum absolute atomic E-state index is 0.0803. The van der Waals surface area contributed by atoms with Crippen molar-refractivity contribution in [3.05, 3.63) is 59.5 Å². The van der Waals surface area contributed by atoms with Gasteiger partial charge in [-0.3, -0.25) is 20.4 Å². The Labute approximate surface area is 166 Å². The van der Waals surface area contributed by atoms with Crippen LogP contribution in [-0.2, 0) is 11.2 Å². The van der Waals surface area contributed by atoms with E-state index in [0.717, 1.165) is 11.1 Å². The number of ether oxygens (including phenoxy) is 2. The number of nitrogens with zero attached hydrogens (tertiary/aromatic N) is 2. The van der Waals surface area contributed by atoms with Crippen molar-refractivity contribution in [2.24, 2.45) is 0 Å². The summed E-state index contributed by atoms with van der Waals surface area (Å²) in [4.78, 5) is 28.4. The summed E-state index contributed by atoms with van der Waals surface area (Å²) in [5.41, 5.74) is 7.04. The molecular formula is C20H18N4O5. The Morgan fingerprint density at radius 2 is 1.83 bits per heavy atom. The average Bonchev–Trinajstić information content (AvgIpc) is 3.40. The molecule has 1 aliphatic rings. The highest BCUT2D eigenvalue weighted by atomic mass is 16.7. The molecule has 2 N–H and O–H groups in total. The zero-order valence-corrected chi connectivity index (χ0v) is 15.6. The minimum Gasteiger partial charge on any atom is -0.454 e. The maximum Gasteiger partial charge on any atom is 0.269 e.